The molecule has 1 rings (SSSR count). The molecule has 3 atom stereocenters. The zero-order chi connectivity index (χ0) is 9.84. The Labute approximate surface area is 76.6 Å². The minimum Gasteiger partial charge on any atom is -0.469 e. The van der Waals surface area contributed by atoms with Crippen LogP contribution in [0.5, 0.6) is 0 Å². The summed E-state index contributed by atoms with van der Waals surface area (Å²) in [5, 5.41) is 9.42. The largest absolute Gasteiger partial charge is 0.469 e. The van der Waals surface area contributed by atoms with Gasteiger partial charge in [0.2, 0.25) is 0 Å². The van der Waals surface area contributed by atoms with E-state index < -0.39 is 12.4 Å². The molecule has 1 aliphatic rings. The Morgan fingerprint density at radius 2 is 2.31 bits per heavy atom. The predicted molar refractivity (Wildman–Crippen MR) is 42.9 cm³/mol. The van der Waals surface area contributed by atoms with Gasteiger partial charge in [0.25, 0.3) is 0 Å². The van der Waals surface area contributed by atoms with Crippen LogP contribution >= 0.6 is 0 Å². The van der Waals surface area contributed by atoms with Gasteiger partial charge >= 0.3 is 5.97 Å². The van der Waals surface area contributed by atoms with Crippen molar-refractivity contribution in [2.75, 3.05) is 20.8 Å². The number of aliphatic hydroxyl groups is 1. The molecule has 5 nitrogen and oxygen atoms in total. The third kappa shape index (κ3) is 2.40. The highest BCUT2D eigenvalue weighted by Gasteiger charge is 2.37. The maximum atomic E-state index is 10.9. The maximum Gasteiger partial charge on any atom is 0.306 e. The zero-order valence-corrected chi connectivity index (χ0v) is 7.73. The van der Waals surface area contributed by atoms with E-state index in [1.54, 1.807) is 0 Å². The van der Waals surface area contributed by atoms with Crippen molar-refractivity contribution in [3.63, 3.8) is 0 Å². The van der Waals surface area contributed by atoms with Crippen LogP contribution in [0.1, 0.15) is 6.42 Å². The normalized spacial score (nSPS) is 33.3. The van der Waals surface area contributed by atoms with Crippen LogP contribution in [0.15, 0.2) is 0 Å². The second-order valence-corrected chi connectivity index (χ2v) is 2.95. The maximum absolute atomic E-state index is 10.9. The molecule has 1 N–H and O–H groups in total. The van der Waals surface area contributed by atoms with Crippen LogP contribution in [0, 0.1) is 5.92 Å². The molecule has 0 spiro atoms. The second-order valence-electron chi connectivity index (χ2n) is 2.95. The second kappa shape index (κ2) is 4.55. The van der Waals surface area contributed by atoms with Crippen LogP contribution in [0.3, 0.4) is 0 Å². The van der Waals surface area contributed by atoms with Gasteiger partial charge in [-0.3, -0.25) is 4.79 Å². The Morgan fingerprint density at radius 1 is 1.62 bits per heavy atom. The first kappa shape index (κ1) is 10.4. The topological polar surface area (TPSA) is 65.0 Å². The number of rotatable bonds is 3. The molecule has 76 valence electrons. The van der Waals surface area contributed by atoms with E-state index in [1.165, 1.54) is 14.2 Å². The van der Waals surface area contributed by atoms with Gasteiger partial charge in [-0.05, 0) is 0 Å². The zero-order valence-electron chi connectivity index (χ0n) is 7.73. The highest BCUT2D eigenvalue weighted by atomic mass is 16.7. The summed E-state index contributed by atoms with van der Waals surface area (Å²) in [6, 6.07) is 0. The number of carbonyl (C=O) groups excluding carboxylic acids is 1. The smallest absolute Gasteiger partial charge is 0.306 e. The average Bonchev–Trinajstić information content (AvgIpc) is 2.48. The monoisotopic (exact) mass is 190 g/mol. The minimum absolute atomic E-state index is 0.121. The Kier molecular flexibility index (Phi) is 3.65. The highest BCUT2D eigenvalue weighted by Crippen LogP contribution is 2.25. The Hall–Kier alpha value is -0.650. The Bertz CT molecular complexity index is 181. The van der Waals surface area contributed by atoms with Crippen LogP contribution in [-0.4, -0.2) is 44.3 Å². The first-order valence-electron chi connectivity index (χ1n) is 4.08. The molecule has 1 aliphatic heterocycles. The van der Waals surface area contributed by atoms with Crippen molar-refractivity contribution in [3.05, 3.63) is 0 Å². The lowest BCUT2D eigenvalue weighted by Gasteiger charge is -2.17. The molecular weight excluding hydrogens is 176 g/mol. The standard InChI is InChI=1S/C8H14O5/c1-11-7(10)3-5-6(9)4-13-8(5)12-2/h5-6,8-9H,3-4H2,1-2H3/t5-,6+,8?/m1/s1. The molecule has 13 heavy (non-hydrogen) atoms. The van der Waals surface area contributed by atoms with E-state index in [-0.39, 0.29) is 24.9 Å². The van der Waals surface area contributed by atoms with E-state index in [9.17, 15) is 9.90 Å². The Morgan fingerprint density at radius 3 is 2.85 bits per heavy atom. The molecule has 1 fully saturated rings. The van der Waals surface area contributed by atoms with Crippen LogP contribution in [0.25, 0.3) is 0 Å². The predicted octanol–water partition coefficient (Wildman–Crippen LogP) is -0.471. The van der Waals surface area contributed by atoms with Gasteiger partial charge in [0.1, 0.15) is 0 Å². The van der Waals surface area contributed by atoms with Gasteiger partial charge < -0.3 is 19.3 Å². The SMILES string of the molecule is COC(=O)C[C@H]1C(OC)OC[C@@H]1O. The lowest BCUT2D eigenvalue weighted by Crippen LogP contribution is -2.28. The summed E-state index contributed by atoms with van der Waals surface area (Å²) in [4.78, 5) is 10.9. The summed E-state index contributed by atoms with van der Waals surface area (Å²) in [5.74, 6) is -0.686. The van der Waals surface area contributed by atoms with E-state index in [0.29, 0.717) is 0 Å². The molecule has 0 amide bonds. The third-order valence-electron chi connectivity index (χ3n) is 2.14. The van der Waals surface area contributed by atoms with Crippen LogP contribution < -0.4 is 0 Å². The molecular formula is C8H14O5. The van der Waals surface area contributed by atoms with Gasteiger partial charge in [-0.1, -0.05) is 0 Å². The number of hydrogen-bond acceptors (Lipinski definition) is 5. The molecule has 0 saturated carbocycles. The average molecular weight is 190 g/mol. The molecule has 1 unspecified atom stereocenters. The number of methoxy groups -OCH3 is 2. The summed E-state index contributed by atoms with van der Waals surface area (Å²) in [7, 11) is 2.79. The summed E-state index contributed by atoms with van der Waals surface area (Å²) >= 11 is 0. The summed E-state index contributed by atoms with van der Waals surface area (Å²) in [6.07, 6.45) is -1.03. The fourth-order valence-corrected chi connectivity index (χ4v) is 1.37. The summed E-state index contributed by atoms with van der Waals surface area (Å²) < 4.78 is 14.5. The fraction of sp³-hybridized carbons (Fsp3) is 0.875. The van der Waals surface area contributed by atoms with Crippen LogP contribution in [-0.2, 0) is 19.0 Å². The molecule has 1 heterocycles. The number of esters is 1. The van der Waals surface area contributed by atoms with Crippen molar-refractivity contribution in [2.24, 2.45) is 5.92 Å². The fourth-order valence-electron chi connectivity index (χ4n) is 1.37. The molecule has 0 radical (unpaired) electrons. The van der Waals surface area contributed by atoms with Gasteiger partial charge in [-0.2, -0.15) is 0 Å². The number of ether oxygens (including phenoxy) is 3. The molecule has 1 saturated heterocycles. The van der Waals surface area contributed by atoms with Gasteiger partial charge in [-0.25, -0.2) is 0 Å². The highest BCUT2D eigenvalue weighted by molar-refractivity contribution is 5.69. The third-order valence-corrected chi connectivity index (χ3v) is 2.14. The van der Waals surface area contributed by atoms with E-state index in [1.807, 2.05) is 0 Å². The summed E-state index contributed by atoms with van der Waals surface area (Å²) in [5.41, 5.74) is 0. The van der Waals surface area contributed by atoms with Crippen molar-refractivity contribution in [3.8, 4) is 0 Å². The molecule has 0 bridgehead atoms. The van der Waals surface area contributed by atoms with Crippen LogP contribution in [0.4, 0.5) is 0 Å². The van der Waals surface area contributed by atoms with Crippen LogP contribution in [0.2, 0.25) is 0 Å². The number of carbonyl (C=O) groups is 1. The van der Waals surface area contributed by atoms with Gasteiger partial charge in [0, 0.05) is 13.0 Å². The van der Waals surface area contributed by atoms with E-state index in [0.717, 1.165) is 0 Å². The quantitative estimate of drug-likeness (QED) is 0.609. The van der Waals surface area contributed by atoms with Gasteiger partial charge in [0.05, 0.1) is 26.2 Å². The van der Waals surface area contributed by atoms with Crippen molar-refractivity contribution in [1.29, 1.82) is 0 Å². The van der Waals surface area contributed by atoms with Crippen molar-refractivity contribution < 1.29 is 24.1 Å². The van der Waals surface area contributed by atoms with Crippen molar-refractivity contribution in [1.82, 2.24) is 0 Å². The molecule has 5 heteroatoms. The van der Waals surface area contributed by atoms with Gasteiger partial charge in [-0.15, -0.1) is 0 Å². The van der Waals surface area contributed by atoms with Crippen molar-refractivity contribution in [2.45, 2.75) is 18.8 Å². The first-order chi connectivity index (χ1) is 6.19. The molecule has 0 aromatic heterocycles. The van der Waals surface area contributed by atoms with E-state index >= 15 is 0 Å². The molecule has 0 aliphatic carbocycles. The lowest BCUT2D eigenvalue weighted by molar-refractivity contribution is -0.148. The molecule has 0 aromatic rings. The van der Waals surface area contributed by atoms with Crippen molar-refractivity contribution >= 4 is 5.97 Å². The van der Waals surface area contributed by atoms with Gasteiger partial charge in [0.15, 0.2) is 6.29 Å². The number of hydrogen-bond donors (Lipinski definition) is 1. The van der Waals surface area contributed by atoms with E-state index in [2.05, 4.69) is 4.74 Å². The molecule has 0 aromatic carbocycles. The summed E-state index contributed by atoms with van der Waals surface area (Å²) in [6.45, 7) is 0.208. The first-order valence-corrected chi connectivity index (χ1v) is 4.08. The Balaban J connectivity index is 2.49. The lowest BCUT2D eigenvalue weighted by atomic mass is 10.0. The minimum atomic E-state index is -0.649. The number of aliphatic hydroxyl groups excluding tert-OH is 1. The van der Waals surface area contributed by atoms with E-state index in [4.69, 9.17) is 9.47 Å².